The van der Waals surface area contributed by atoms with E-state index in [1.54, 1.807) is 0 Å². The van der Waals surface area contributed by atoms with Crippen molar-refractivity contribution in [3.8, 4) is 0 Å². The van der Waals surface area contributed by atoms with Gasteiger partial charge in [-0.05, 0) is 12.8 Å². The summed E-state index contributed by atoms with van der Waals surface area (Å²) in [7, 11) is 0. The molecule has 0 aliphatic rings. The minimum atomic E-state index is 0.776. The maximum absolute atomic E-state index is 3.53. The van der Waals surface area contributed by atoms with Crippen LogP contribution in [-0.4, -0.2) is 10.6 Å². The Morgan fingerprint density at radius 3 is 2.33 bits per heavy atom. The second kappa shape index (κ2) is 9.78. The van der Waals surface area contributed by atoms with Gasteiger partial charge in [0.25, 0.3) is 0 Å². The molecular formula is C10H22IN. The number of nitrogens with one attached hydrogen (secondary N) is 1. The molecular weight excluding hydrogens is 261 g/mol. The van der Waals surface area contributed by atoms with E-state index in [1.807, 2.05) is 0 Å². The Hall–Kier alpha value is 0.690. The molecule has 1 nitrogen and oxygen atoms in total. The first-order valence-corrected chi connectivity index (χ1v) is 6.67. The molecule has 0 spiro atoms. The molecule has 2 heteroatoms. The molecule has 0 heterocycles. The number of halogens is 1. The predicted octanol–water partition coefficient (Wildman–Crippen LogP) is 3.72. The molecule has 0 aromatic heterocycles. The van der Waals surface area contributed by atoms with Crippen LogP contribution in [0.15, 0.2) is 0 Å². The normalized spacial score (nSPS) is 13.2. The molecule has 0 amide bonds. The molecule has 0 aliphatic heterocycles. The lowest BCUT2D eigenvalue weighted by atomic mass is 10.0. The Bertz CT molecular complexity index is 79.9. The van der Waals surface area contributed by atoms with E-state index in [2.05, 4.69) is 41.8 Å². The van der Waals surface area contributed by atoms with Gasteiger partial charge in [-0.1, -0.05) is 62.1 Å². The lowest BCUT2D eigenvalue weighted by Crippen LogP contribution is -2.27. The van der Waals surface area contributed by atoms with Gasteiger partial charge in [-0.3, -0.25) is 0 Å². The van der Waals surface area contributed by atoms with Gasteiger partial charge in [0.1, 0.15) is 0 Å². The molecule has 12 heavy (non-hydrogen) atoms. The van der Waals surface area contributed by atoms with Crippen molar-refractivity contribution >= 4 is 22.6 Å². The van der Waals surface area contributed by atoms with E-state index in [0.717, 1.165) is 10.6 Å². The maximum Gasteiger partial charge on any atom is 0.0482 e. The minimum Gasteiger partial charge on any atom is -0.305 e. The molecule has 74 valence electrons. The van der Waals surface area contributed by atoms with Crippen LogP contribution in [0.5, 0.6) is 0 Å². The number of hydrogen-bond donors (Lipinski definition) is 1. The molecule has 0 saturated carbocycles. The topological polar surface area (TPSA) is 12.0 Å². The summed E-state index contributed by atoms with van der Waals surface area (Å²) in [6.07, 6.45) is 8.13. The van der Waals surface area contributed by atoms with Crippen LogP contribution in [0.25, 0.3) is 0 Å². The molecule has 0 aromatic carbocycles. The molecule has 0 radical (unpaired) electrons. The van der Waals surface area contributed by atoms with E-state index >= 15 is 0 Å². The Kier molecular flexibility index (Phi) is 10.3. The molecule has 1 unspecified atom stereocenters. The molecule has 1 atom stereocenters. The van der Waals surface area contributed by atoms with Crippen LogP contribution in [0.1, 0.15) is 52.4 Å². The van der Waals surface area contributed by atoms with Gasteiger partial charge in [0, 0.05) is 10.6 Å². The second-order valence-corrected chi connectivity index (χ2v) is 4.08. The number of unbranched alkanes of at least 4 members (excludes halogenated alkanes) is 2. The monoisotopic (exact) mass is 283 g/mol. The smallest absolute Gasteiger partial charge is 0.0482 e. The summed E-state index contributed by atoms with van der Waals surface area (Å²) in [5, 5.41) is 3.53. The van der Waals surface area contributed by atoms with Crippen molar-refractivity contribution in [1.82, 2.24) is 5.32 Å². The maximum atomic E-state index is 3.53. The highest BCUT2D eigenvalue weighted by Crippen LogP contribution is 2.08. The highest BCUT2D eigenvalue weighted by Gasteiger charge is 2.04. The fraction of sp³-hybridized carbons (Fsp3) is 1.00. The van der Waals surface area contributed by atoms with Gasteiger partial charge in [0.05, 0.1) is 0 Å². The largest absolute Gasteiger partial charge is 0.305 e. The zero-order valence-corrected chi connectivity index (χ0v) is 10.6. The predicted molar refractivity (Wildman–Crippen MR) is 64.9 cm³/mol. The average Bonchev–Trinajstić information content (AvgIpc) is 2.06. The third kappa shape index (κ3) is 7.35. The number of hydrogen-bond acceptors (Lipinski definition) is 1. The average molecular weight is 283 g/mol. The van der Waals surface area contributed by atoms with Crippen molar-refractivity contribution < 1.29 is 0 Å². The van der Waals surface area contributed by atoms with Crippen LogP contribution < -0.4 is 5.32 Å². The van der Waals surface area contributed by atoms with Gasteiger partial charge >= 0.3 is 0 Å². The van der Waals surface area contributed by atoms with Gasteiger partial charge in [-0.2, -0.15) is 0 Å². The number of alkyl halides is 1. The molecule has 0 rings (SSSR count). The van der Waals surface area contributed by atoms with E-state index in [0.29, 0.717) is 0 Å². The zero-order chi connectivity index (χ0) is 9.23. The Morgan fingerprint density at radius 1 is 1.08 bits per heavy atom. The van der Waals surface area contributed by atoms with Crippen LogP contribution >= 0.6 is 22.6 Å². The first-order chi connectivity index (χ1) is 5.85. The quantitative estimate of drug-likeness (QED) is 0.310. The van der Waals surface area contributed by atoms with Crippen molar-refractivity contribution in [1.29, 1.82) is 0 Å². The third-order valence-electron chi connectivity index (χ3n) is 2.16. The molecule has 0 aliphatic carbocycles. The molecule has 0 fully saturated rings. The van der Waals surface area contributed by atoms with Crippen molar-refractivity contribution in [2.45, 2.75) is 58.4 Å². The van der Waals surface area contributed by atoms with Gasteiger partial charge in [0.15, 0.2) is 0 Å². The first kappa shape index (κ1) is 12.7. The van der Waals surface area contributed by atoms with Gasteiger partial charge in [0.2, 0.25) is 0 Å². The third-order valence-corrected chi connectivity index (χ3v) is 2.60. The lowest BCUT2D eigenvalue weighted by molar-refractivity contribution is 0.458. The summed E-state index contributed by atoms with van der Waals surface area (Å²) in [5.41, 5.74) is 0. The van der Waals surface area contributed by atoms with E-state index in [9.17, 15) is 0 Å². The Morgan fingerprint density at radius 2 is 1.83 bits per heavy atom. The van der Waals surface area contributed by atoms with Crippen LogP contribution in [0, 0.1) is 0 Å². The van der Waals surface area contributed by atoms with Crippen molar-refractivity contribution in [3.05, 3.63) is 0 Å². The highest BCUT2D eigenvalue weighted by atomic mass is 127. The zero-order valence-electron chi connectivity index (χ0n) is 8.41. The Labute approximate surface area is 90.8 Å². The summed E-state index contributed by atoms with van der Waals surface area (Å²) in [4.78, 5) is 0. The minimum absolute atomic E-state index is 0.776. The molecule has 0 bridgehead atoms. The van der Waals surface area contributed by atoms with E-state index < -0.39 is 0 Å². The van der Waals surface area contributed by atoms with Crippen LogP contribution in [-0.2, 0) is 0 Å². The Balaban J connectivity index is 3.34. The van der Waals surface area contributed by atoms with E-state index in [4.69, 9.17) is 0 Å². The molecule has 1 N–H and O–H groups in total. The molecule has 0 saturated heterocycles. The standard InChI is InChI=1S/C10H22IN/c1-3-5-6-8-10(7-4-2)12-9-11/h10,12H,3-9H2,1-2H3. The van der Waals surface area contributed by atoms with Crippen LogP contribution in [0.4, 0.5) is 0 Å². The van der Waals surface area contributed by atoms with Gasteiger partial charge < -0.3 is 5.32 Å². The van der Waals surface area contributed by atoms with Crippen molar-refractivity contribution in [2.75, 3.05) is 4.55 Å². The van der Waals surface area contributed by atoms with E-state index in [-0.39, 0.29) is 0 Å². The summed E-state index contributed by atoms with van der Waals surface area (Å²) < 4.78 is 1.09. The summed E-state index contributed by atoms with van der Waals surface area (Å²) >= 11 is 2.39. The highest BCUT2D eigenvalue weighted by molar-refractivity contribution is 14.1. The van der Waals surface area contributed by atoms with Gasteiger partial charge in [-0.15, -0.1) is 0 Å². The van der Waals surface area contributed by atoms with Crippen molar-refractivity contribution in [2.24, 2.45) is 0 Å². The summed E-state index contributed by atoms with van der Waals surface area (Å²) in [5.74, 6) is 0. The fourth-order valence-electron chi connectivity index (χ4n) is 1.45. The lowest BCUT2D eigenvalue weighted by Gasteiger charge is -2.15. The molecule has 0 aromatic rings. The van der Waals surface area contributed by atoms with Crippen LogP contribution in [0.3, 0.4) is 0 Å². The van der Waals surface area contributed by atoms with Crippen molar-refractivity contribution in [3.63, 3.8) is 0 Å². The summed E-state index contributed by atoms with van der Waals surface area (Å²) in [6, 6.07) is 0.776. The second-order valence-electron chi connectivity index (χ2n) is 3.32. The SMILES string of the molecule is CCCCCC(CCC)NCI. The van der Waals surface area contributed by atoms with Crippen LogP contribution in [0.2, 0.25) is 0 Å². The summed E-state index contributed by atoms with van der Waals surface area (Å²) in [6.45, 7) is 4.53. The number of rotatable bonds is 8. The van der Waals surface area contributed by atoms with E-state index in [1.165, 1.54) is 38.5 Å². The first-order valence-electron chi connectivity index (χ1n) is 5.14. The fourth-order valence-corrected chi connectivity index (χ4v) is 2.07. The van der Waals surface area contributed by atoms with Gasteiger partial charge in [-0.25, -0.2) is 0 Å².